The van der Waals surface area contributed by atoms with Gasteiger partial charge >= 0.3 is 0 Å². The number of ether oxygens (including phenoxy) is 1. The highest BCUT2D eigenvalue weighted by Gasteiger charge is 2.33. The van der Waals surface area contributed by atoms with Gasteiger partial charge in [0.15, 0.2) is 0 Å². The quantitative estimate of drug-likeness (QED) is 0.741. The van der Waals surface area contributed by atoms with Crippen molar-refractivity contribution in [3.8, 4) is 5.88 Å². The van der Waals surface area contributed by atoms with E-state index < -0.39 is 0 Å². The number of aromatic nitrogens is 2. The third kappa shape index (κ3) is 1.86. The lowest BCUT2D eigenvalue weighted by atomic mass is 9.88. The largest absolute Gasteiger partial charge is 0.477 e. The van der Waals surface area contributed by atoms with Gasteiger partial charge in [0.2, 0.25) is 5.88 Å². The van der Waals surface area contributed by atoms with Crippen LogP contribution >= 0.6 is 12.2 Å². The first-order chi connectivity index (χ1) is 7.36. The zero-order valence-electron chi connectivity index (χ0n) is 10.3. The van der Waals surface area contributed by atoms with Crippen molar-refractivity contribution in [3.05, 3.63) is 11.8 Å². The van der Waals surface area contributed by atoms with Gasteiger partial charge in [-0.2, -0.15) is 5.10 Å². The van der Waals surface area contributed by atoms with E-state index in [4.69, 9.17) is 17.0 Å². The molecule has 0 fully saturated rings. The summed E-state index contributed by atoms with van der Waals surface area (Å²) in [5.41, 5.74) is 1.07. The van der Waals surface area contributed by atoms with Crippen LogP contribution in [0.1, 0.15) is 33.3 Å². The molecule has 1 aliphatic heterocycles. The molecule has 1 aromatic heterocycles. The van der Waals surface area contributed by atoms with E-state index >= 15 is 0 Å². The van der Waals surface area contributed by atoms with Crippen molar-refractivity contribution in [1.29, 1.82) is 0 Å². The van der Waals surface area contributed by atoms with E-state index in [1.807, 2.05) is 10.9 Å². The molecule has 2 heterocycles. The van der Waals surface area contributed by atoms with Crippen LogP contribution in [0.4, 0.5) is 0 Å². The molecule has 4 heteroatoms. The Kier molecular flexibility index (Phi) is 2.57. The summed E-state index contributed by atoms with van der Waals surface area (Å²) in [7, 11) is 0. The van der Waals surface area contributed by atoms with Crippen LogP contribution in [0.25, 0.3) is 0 Å². The van der Waals surface area contributed by atoms with Crippen molar-refractivity contribution < 1.29 is 4.74 Å². The number of rotatable bonds is 2. The van der Waals surface area contributed by atoms with Crippen molar-refractivity contribution >= 4 is 17.6 Å². The van der Waals surface area contributed by atoms with Crippen LogP contribution < -0.4 is 4.74 Å². The van der Waals surface area contributed by atoms with Crippen LogP contribution in [-0.2, 0) is 12.0 Å². The molecule has 0 radical (unpaired) electrons. The normalized spacial score (nSPS) is 18.8. The Morgan fingerprint density at radius 1 is 1.56 bits per heavy atom. The fourth-order valence-electron chi connectivity index (χ4n) is 1.86. The maximum atomic E-state index is 5.83. The minimum atomic E-state index is -0.162. The molecule has 2 rings (SSSR count). The standard InChI is InChI=1S/C12H18N2OS/c1-11(2)6-14-10(15-7-11)9(5-13-14)12(3,4)8-16/h5,8H,6-7H2,1-4H3. The fourth-order valence-corrected chi connectivity index (χ4v) is 1.99. The van der Waals surface area contributed by atoms with E-state index in [1.54, 1.807) is 5.37 Å². The summed E-state index contributed by atoms with van der Waals surface area (Å²) in [6.07, 6.45) is 1.87. The van der Waals surface area contributed by atoms with Gasteiger partial charge < -0.3 is 4.74 Å². The molecule has 0 amide bonds. The summed E-state index contributed by atoms with van der Waals surface area (Å²) in [4.78, 5) is 0. The van der Waals surface area contributed by atoms with Gasteiger partial charge in [-0.15, -0.1) is 0 Å². The van der Waals surface area contributed by atoms with Crippen LogP contribution in [0.5, 0.6) is 5.88 Å². The molecule has 0 aromatic carbocycles. The van der Waals surface area contributed by atoms with Crippen LogP contribution in [-0.4, -0.2) is 21.8 Å². The predicted octanol–water partition coefficient (Wildman–Crippen LogP) is 2.58. The predicted molar refractivity (Wildman–Crippen MR) is 68.2 cm³/mol. The van der Waals surface area contributed by atoms with E-state index in [0.717, 1.165) is 24.6 Å². The second kappa shape index (κ2) is 3.55. The minimum Gasteiger partial charge on any atom is -0.477 e. The number of hydrogen-bond donors (Lipinski definition) is 0. The zero-order chi connectivity index (χ0) is 12.0. The molecule has 0 N–H and O–H groups in total. The van der Waals surface area contributed by atoms with Crippen molar-refractivity contribution in [2.75, 3.05) is 6.61 Å². The lowest BCUT2D eigenvalue weighted by Crippen LogP contribution is -2.34. The molecule has 0 bridgehead atoms. The maximum absolute atomic E-state index is 5.83. The van der Waals surface area contributed by atoms with E-state index in [9.17, 15) is 0 Å². The summed E-state index contributed by atoms with van der Waals surface area (Å²) in [5.74, 6) is 0.880. The Morgan fingerprint density at radius 3 is 2.88 bits per heavy atom. The number of thiocarbonyl (C=S) groups is 1. The first-order valence-electron chi connectivity index (χ1n) is 5.51. The first-order valence-corrected chi connectivity index (χ1v) is 5.98. The molecular weight excluding hydrogens is 220 g/mol. The van der Waals surface area contributed by atoms with E-state index in [1.165, 1.54) is 0 Å². The molecule has 1 aliphatic rings. The van der Waals surface area contributed by atoms with Crippen LogP contribution in [0, 0.1) is 5.41 Å². The van der Waals surface area contributed by atoms with Crippen molar-refractivity contribution in [3.63, 3.8) is 0 Å². The Hall–Kier alpha value is -0.900. The summed E-state index contributed by atoms with van der Waals surface area (Å²) in [6, 6.07) is 0. The Labute approximate surface area is 102 Å². The van der Waals surface area contributed by atoms with Crippen LogP contribution in [0.3, 0.4) is 0 Å². The second-order valence-corrected chi connectivity index (χ2v) is 6.05. The summed E-state index contributed by atoms with van der Waals surface area (Å²) >= 11 is 5.07. The van der Waals surface area contributed by atoms with Crippen molar-refractivity contribution in [1.82, 2.24) is 9.78 Å². The van der Waals surface area contributed by atoms with Gasteiger partial charge in [-0.1, -0.05) is 39.9 Å². The van der Waals surface area contributed by atoms with E-state index in [2.05, 4.69) is 32.8 Å². The third-order valence-corrected chi connectivity index (χ3v) is 3.55. The first kappa shape index (κ1) is 11.6. The Balaban J connectivity index is 2.41. The molecule has 0 saturated carbocycles. The van der Waals surface area contributed by atoms with Crippen molar-refractivity contribution in [2.24, 2.45) is 5.41 Å². The minimum absolute atomic E-state index is 0.151. The van der Waals surface area contributed by atoms with Gasteiger partial charge in [0, 0.05) is 16.4 Å². The molecule has 1 aromatic rings. The van der Waals surface area contributed by atoms with Crippen LogP contribution in [0.2, 0.25) is 0 Å². The van der Waals surface area contributed by atoms with Gasteiger partial charge in [-0.25, -0.2) is 4.68 Å². The third-order valence-electron chi connectivity index (χ3n) is 2.96. The summed E-state index contributed by atoms with van der Waals surface area (Å²) < 4.78 is 7.78. The molecule has 16 heavy (non-hydrogen) atoms. The number of nitrogens with zero attached hydrogens (tertiary/aromatic N) is 2. The second-order valence-electron chi connectivity index (χ2n) is 5.81. The molecule has 0 atom stereocenters. The molecule has 0 unspecified atom stereocenters. The molecule has 3 nitrogen and oxygen atoms in total. The highest BCUT2D eigenvalue weighted by atomic mass is 32.1. The van der Waals surface area contributed by atoms with E-state index in [-0.39, 0.29) is 10.8 Å². The molecule has 0 saturated heterocycles. The topological polar surface area (TPSA) is 27.1 Å². The monoisotopic (exact) mass is 238 g/mol. The lowest BCUT2D eigenvalue weighted by Gasteiger charge is -2.32. The molecule has 88 valence electrons. The average Bonchev–Trinajstić information content (AvgIpc) is 2.59. The molecule has 0 spiro atoms. The fraction of sp³-hybridized carbons (Fsp3) is 0.667. The zero-order valence-corrected chi connectivity index (χ0v) is 11.1. The molecular formula is C12H18N2OS. The van der Waals surface area contributed by atoms with Crippen LogP contribution in [0.15, 0.2) is 6.20 Å². The highest BCUT2D eigenvalue weighted by Crippen LogP contribution is 2.36. The van der Waals surface area contributed by atoms with Gasteiger partial charge in [-0.3, -0.25) is 0 Å². The average molecular weight is 238 g/mol. The smallest absolute Gasteiger partial charge is 0.215 e. The Bertz CT molecular complexity index is 421. The number of hydrogen-bond acceptors (Lipinski definition) is 3. The maximum Gasteiger partial charge on any atom is 0.215 e. The van der Waals surface area contributed by atoms with Gasteiger partial charge in [-0.05, 0) is 5.37 Å². The van der Waals surface area contributed by atoms with Gasteiger partial charge in [0.1, 0.15) is 0 Å². The number of fused-ring (bicyclic) bond motifs is 1. The van der Waals surface area contributed by atoms with Gasteiger partial charge in [0.05, 0.1) is 19.3 Å². The SMILES string of the molecule is CC1(C)COc2c(C(C)(C)C=S)cnn2C1. The summed E-state index contributed by atoms with van der Waals surface area (Å²) in [6.45, 7) is 10.2. The van der Waals surface area contributed by atoms with Gasteiger partial charge in [0.25, 0.3) is 0 Å². The van der Waals surface area contributed by atoms with E-state index in [0.29, 0.717) is 0 Å². The lowest BCUT2D eigenvalue weighted by molar-refractivity contribution is 0.0986. The summed E-state index contributed by atoms with van der Waals surface area (Å²) in [5, 5.41) is 6.16. The Morgan fingerprint density at radius 2 is 2.25 bits per heavy atom. The highest BCUT2D eigenvalue weighted by molar-refractivity contribution is 7.79. The van der Waals surface area contributed by atoms with Crippen molar-refractivity contribution in [2.45, 2.75) is 39.7 Å². The molecule has 0 aliphatic carbocycles.